The van der Waals surface area contributed by atoms with Crippen LogP contribution < -0.4 is 5.32 Å². The van der Waals surface area contributed by atoms with Crippen LogP contribution in [0.1, 0.15) is 23.7 Å². The van der Waals surface area contributed by atoms with E-state index in [9.17, 15) is 9.59 Å². The molecule has 0 saturated carbocycles. The number of carbonyl (C=O) groups excluding carboxylic acids is 1. The Morgan fingerprint density at radius 3 is 2.75 bits per heavy atom. The summed E-state index contributed by atoms with van der Waals surface area (Å²) in [5.41, 5.74) is 0.506. The molecule has 1 amide bonds. The van der Waals surface area contributed by atoms with Crippen molar-refractivity contribution < 1.29 is 14.7 Å². The van der Waals surface area contributed by atoms with Crippen molar-refractivity contribution in [3.63, 3.8) is 0 Å². The van der Waals surface area contributed by atoms with E-state index in [1.54, 1.807) is 25.1 Å². The molecule has 1 aromatic carbocycles. The Morgan fingerprint density at radius 2 is 2.19 bits per heavy atom. The van der Waals surface area contributed by atoms with Gasteiger partial charge in [-0.05, 0) is 25.1 Å². The minimum absolute atomic E-state index is 0.0836. The van der Waals surface area contributed by atoms with Crippen LogP contribution in [0.4, 0.5) is 0 Å². The molecule has 0 aliphatic carbocycles. The number of halogens is 1. The molecule has 0 radical (unpaired) electrons. The highest BCUT2D eigenvalue weighted by Crippen LogP contribution is 2.11. The summed E-state index contributed by atoms with van der Waals surface area (Å²) in [7, 11) is 0. The van der Waals surface area contributed by atoms with E-state index in [4.69, 9.17) is 5.11 Å². The number of benzene rings is 1. The number of carbonyl (C=O) groups is 2. The Labute approximate surface area is 102 Å². The van der Waals surface area contributed by atoms with Crippen LogP contribution in [-0.2, 0) is 4.79 Å². The van der Waals surface area contributed by atoms with Gasteiger partial charge in [0, 0.05) is 16.1 Å². The van der Waals surface area contributed by atoms with E-state index >= 15 is 0 Å². The van der Waals surface area contributed by atoms with Gasteiger partial charge in [0.15, 0.2) is 0 Å². The van der Waals surface area contributed by atoms with E-state index in [0.29, 0.717) is 5.56 Å². The second-order valence-electron chi connectivity index (χ2n) is 3.48. The molecule has 0 aliphatic heterocycles. The summed E-state index contributed by atoms with van der Waals surface area (Å²) < 4.78 is 0.811. The van der Waals surface area contributed by atoms with Gasteiger partial charge in [0.25, 0.3) is 5.91 Å². The second kappa shape index (κ2) is 5.65. The first kappa shape index (κ1) is 12.7. The lowest BCUT2D eigenvalue weighted by molar-refractivity contribution is -0.137. The molecule has 1 atom stereocenters. The van der Waals surface area contributed by atoms with Gasteiger partial charge >= 0.3 is 5.97 Å². The van der Waals surface area contributed by atoms with Crippen LogP contribution in [-0.4, -0.2) is 23.0 Å². The van der Waals surface area contributed by atoms with Crippen molar-refractivity contribution in [2.45, 2.75) is 19.4 Å². The maximum absolute atomic E-state index is 11.7. The van der Waals surface area contributed by atoms with Crippen LogP contribution >= 0.6 is 15.9 Å². The van der Waals surface area contributed by atoms with Crippen molar-refractivity contribution in [3.05, 3.63) is 34.3 Å². The van der Waals surface area contributed by atoms with Crippen molar-refractivity contribution in [2.75, 3.05) is 0 Å². The quantitative estimate of drug-likeness (QED) is 0.890. The number of carboxylic acids is 1. The van der Waals surface area contributed by atoms with Gasteiger partial charge in [0.2, 0.25) is 0 Å². The first-order chi connectivity index (χ1) is 7.49. The number of aliphatic carboxylic acids is 1. The van der Waals surface area contributed by atoms with Crippen LogP contribution in [0.5, 0.6) is 0 Å². The zero-order chi connectivity index (χ0) is 12.1. The van der Waals surface area contributed by atoms with E-state index in [-0.39, 0.29) is 18.4 Å². The SMILES string of the molecule is CC(CC(=O)O)NC(=O)c1cccc(Br)c1. The summed E-state index contributed by atoms with van der Waals surface area (Å²) in [6.07, 6.45) is -0.0836. The predicted octanol–water partition coefficient (Wildman–Crippen LogP) is 2.04. The van der Waals surface area contributed by atoms with Crippen LogP contribution in [0.3, 0.4) is 0 Å². The van der Waals surface area contributed by atoms with Crippen LogP contribution in [0.2, 0.25) is 0 Å². The highest BCUT2D eigenvalue weighted by molar-refractivity contribution is 9.10. The van der Waals surface area contributed by atoms with Gasteiger partial charge in [-0.2, -0.15) is 0 Å². The zero-order valence-corrected chi connectivity index (χ0v) is 10.3. The number of carboxylic acid groups (broad SMARTS) is 1. The van der Waals surface area contributed by atoms with Gasteiger partial charge in [-0.3, -0.25) is 9.59 Å². The summed E-state index contributed by atoms with van der Waals surface area (Å²) in [6.45, 7) is 1.66. The lowest BCUT2D eigenvalue weighted by atomic mass is 10.2. The zero-order valence-electron chi connectivity index (χ0n) is 8.74. The van der Waals surface area contributed by atoms with Gasteiger partial charge in [-0.25, -0.2) is 0 Å². The van der Waals surface area contributed by atoms with Crippen molar-refractivity contribution in [2.24, 2.45) is 0 Å². The number of amides is 1. The molecule has 5 heteroatoms. The molecule has 1 rings (SSSR count). The third kappa shape index (κ3) is 4.02. The van der Waals surface area contributed by atoms with Gasteiger partial charge in [0.1, 0.15) is 0 Å². The summed E-state index contributed by atoms with van der Waals surface area (Å²) in [5, 5.41) is 11.2. The molecule has 0 heterocycles. The van der Waals surface area contributed by atoms with Gasteiger partial charge in [-0.15, -0.1) is 0 Å². The maximum Gasteiger partial charge on any atom is 0.305 e. The van der Waals surface area contributed by atoms with Crippen LogP contribution in [0, 0.1) is 0 Å². The minimum atomic E-state index is -0.929. The Balaban J connectivity index is 2.62. The Kier molecular flexibility index (Phi) is 4.49. The van der Waals surface area contributed by atoms with Crippen molar-refractivity contribution in [1.82, 2.24) is 5.32 Å². The highest BCUT2D eigenvalue weighted by atomic mass is 79.9. The normalized spacial score (nSPS) is 11.9. The van der Waals surface area contributed by atoms with Gasteiger partial charge < -0.3 is 10.4 Å². The molecule has 0 fully saturated rings. The predicted molar refractivity (Wildman–Crippen MR) is 63.3 cm³/mol. The van der Waals surface area contributed by atoms with E-state index in [1.165, 1.54) is 0 Å². The van der Waals surface area contributed by atoms with E-state index in [0.717, 1.165) is 4.47 Å². The lowest BCUT2D eigenvalue weighted by Gasteiger charge is -2.11. The molecule has 0 aromatic heterocycles. The van der Waals surface area contributed by atoms with Gasteiger partial charge in [0.05, 0.1) is 6.42 Å². The summed E-state index contributed by atoms with van der Waals surface area (Å²) in [5.74, 6) is -1.20. The van der Waals surface area contributed by atoms with Crippen LogP contribution in [0.25, 0.3) is 0 Å². The average molecular weight is 286 g/mol. The molecule has 1 unspecified atom stereocenters. The fraction of sp³-hybridized carbons (Fsp3) is 0.273. The fourth-order valence-electron chi connectivity index (χ4n) is 1.25. The van der Waals surface area contributed by atoms with Crippen molar-refractivity contribution in [3.8, 4) is 0 Å². The third-order valence-corrected chi connectivity index (χ3v) is 2.44. The largest absolute Gasteiger partial charge is 0.481 e. The monoisotopic (exact) mass is 285 g/mol. The first-order valence-electron chi connectivity index (χ1n) is 4.77. The van der Waals surface area contributed by atoms with E-state index < -0.39 is 5.97 Å². The second-order valence-corrected chi connectivity index (χ2v) is 4.40. The molecule has 86 valence electrons. The number of nitrogens with one attached hydrogen (secondary N) is 1. The molecular weight excluding hydrogens is 274 g/mol. The van der Waals surface area contributed by atoms with Crippen LogP contribution in [0.15, 0.2) is 28.7 Å². The molecular formula is C11H12BrNO3. The average Bonchev–Trinajstić information content (AvgIpc) is 2.16. The van der Waals surface area contributed by atoms with Crippen molar-refractivity contribution in [1.29, 1.82) is 0 Å². The molecule has 4 nitrogen and oxygen atoms in total. The Morgan fingerprint density at radius 1 is 1.50 bits per heavy atom. The molecule has 16 heavy (non-hydrogen) atoms. The molecule has 0 spiro atoms. The lowest BCUT2D eigenvalue weighted by Crippen LogP contribution is -2.34. The first-order valence-corrected chi connectivity index (χ1v) is 5.56. The maximum atomic E-state index is 11.7. The molecule has 1 aromatic rings. The number of hydrogen-bond donors (Lipinski definition) is 2. The number of hydrogen-bond acceptors (Lipinski definition) is 2. The summed E-state index contributed by atoms with van der Waals surface area (Å²) in [6, 6.07) is 6.54. The topological polar surface area (TPSA) is 66.4 Å². The molecule has 0 aliphatic rings. The van der Waals surface area contributed by atoms with Crippen molar-refractivity contribution >= 4 is 27.8 Å². The minimum Gasteiger partial charge on any atom is -0.481 e. The Bertz CT molecular complexity index is 406. The molecule has 0 bridgehead atoms. The molecule has 0 saturated heterocycles. The van der Waals surface area contributed by atoms with E-state index in [2.05, 4.69) is 21.2 Å². The smallest absolute Gasteiger partial charge is 0.305 e. The van der Waals surface area contributed by atoms with E-state index in [1.807, 2.05) is 6.07 Å². The summed E-state index contributed by atoms with van der Waals surface area (Å²) >= 11 is 3.26. The fourth-order valence-corrected chi connectivity index (χ4v) is 1.65. The van der Waals surface area contributed by atoms with Gasteiger partial charge in [-0.1, -0.05) is 22.0 Å². The standard InChI is InChI=1S/C11H12BrNO3/c1-7(5-10(14)15)13-11(16)8-3-2-4-9(12)6-8/h2-4,6-7H,5H2,1H3,(H,13,16)(H,14,15). The number of rotatable bonds is 4. The summed E-state index contributed by atoms with van der Waals surface area (Å²) in [4.78, 5) is 22.1. The third-order valence-electron chi connectivity index (χ3n) is 1.95. The highest BCUT2D eigenvalue weighted by Gasteiger charge is 2.12. The Hall–Kier alpha value is -1.36. The molecule has 2 N–H and O–H groups in total.